The van der Waals surface area contributed by atoms with Gasteiger partial charge in [-0.25, -0.2) is 4.98 Å². The second-order valence-corrected chi connectivity index (χ2v) is 7.31. The Bertz CT molecular complexity index is 1010. The Hall–Kier alpha value is -3.15. The number of amides is 1. The molecule has 0 spiro atoms. The third-order valence-corrected chi connectivity index (χ3v) is 5.45. The van der Waals surface area contributed by atoms with Gasteiger partial charge in [-0.05, 0) is 51.0 Å². The molecule has 150 valence electrons. The number of nitrogens with one attached hydrogen (secondary N) is 1. The highest BCUT2D eigenvalue weighted by Gasteiger charge is 2.32. The van der Waals surface area contributed by atoms with Gasteiger partial charge in [-0.15, -0.1) is 0 Å². The van der Waals surface area contributed by atoms with Crippen LogP contribution in [0.15, 0.2) is 54.7 Å². The highest BCUT2D eigenvalue weighted by atomic mass is 16.5. The molecule has 6 heteroatoms. The maximum atomic E-state index is 13.3. The van der Waals surface area contributed by atoms with Crippen LogP contribution < -0.4 is 10.1 Å². The van der Waals surface area contributed by atoms with Crippen molar-refractivity contribution in [3.8, 4) is 5.75 Å². The predicted molar refractivity (Wildman–Crippen MR) is 114 cm³/mol. The lowest BCUT2D eigenvalue weighted by molar-refractivity contribution is 0.0612. The van der Waals surface area contributed by atoms with Gasteiger partial charge < -0.3 is 15.0 Å². The molecule has 2 heterocycles. The zero-order chi connectivity index (χ0) is 20.2. The van der Waals surface area contributed by atoms with Crippen LogP contribution in [0.1, 0.15) is 37.0 Å². The first-order valence-corrected chi connectivity index (χ1v) is 10.2. The van der Waals surface area contributed by atoms with Crippen molar-refractivity contribution in [1.29, 1.82) is 0 Å². The van der Waals surface area contributed by atoms with Gasteiger partial charge in [-0.1, -0.05) is 24.3 Å². The largest absolute Gasteiger partial charge is 0.493 e. The summed E-state index contributed by atoms with van der Waals surface area (Å²) in [6.45, 7) is 5.29. The van der Waals surface area contributed by atoms with Crippen LogP contribution in [0.5, 0.6) is 5.75 Å². The highest BCUT2D eigenvalue weighted by molar-refractivity contribution is 5.97. The van der Waals surface area contributed by atoms with Gasteiger partial charge in [-0.3, -0.25) is 9.78 Å². The fraction of sp³-hybridized carbons (Fsp3) is 0.348. The summed E-state index contributed by atoms with van der Waals surface area (Å²) < 4.78 is 5.67. The summed E-state index contributed by atoms with van der Waals surface area (Å²) in [6, 6.07) is 15.4. The minimum absolute atomic E-state index is 0.0117. The number of hydrogen-bond acceptors (Lipinski definition) is 5. The number of carbonyl (C=O) groups excluding carboxylic acids is 1. The average Bonchev–Trinajstić information content (AvgIpc) is 2.75. The van der Waals surface area contributed by atoms with E-state index in [4.69, 9.17) is 4.74 Å². The first-order valence-electron chi connectivity index (χ1n) is 10.2. The van der Waals surface area contributed by atoms with Gasteiger partial charge in [0.2, 0.25) is 0 Å². The summed E-state index contributed by atoms with van der Waals surface area (Å²) in [7, 11) is 0. The number of piperidine rings is 1. The molecular weight excluding hydrogens is 364 g/mol. The molecule has 2 unspecified atom stereocenters. The van der Waals surface area contributed by atoms with E-state index in [0.29, 0.717) is 17.9 Å². The van der Waals surface area contributed by atoms with Crippen molar-refractivity contribution in [3.05, 3.63) is 60.3 Å². The van der Waals surface area contributed by atoms with Gasteiger partial charge in [0.05, 0.1) is 29.4 Å². The fourth-order valence-electron chi connectivity index (χ4n) is 3.92. The number of aromatic nitrogens is 2. The van der Waals surface area contributed by atoms with E-state index in [-0.39, 0.29) is 18.0 Å². The lowest BCUT2D eigenvalue weighted by Crippen LogP contribution is -2.52. The van der Waals surface area contributed by atoms with Crippen LogP contribution in [0.25, 0.3) is 11.0 Å². The van der Waals surface area contributed by atoms with E-state index in [1.165, 1.54) is 0 Å². The molecule has 1 aromatic heterocycles. The molecule has 29 heavy (non-hydrogen) atoms. The minimum Gasteiger partial charge on any atom is -0.493 e. The molecule has 1 fully saturated rings. The van der Waals surface area contributed by atoms with Gasteiger partial charge in [0.1, 0.15) is 11.6 Å². The molecule has 1 N–H and O–H groups in total. The zero-order valence-corrected chi connectivity index (χ0v) is 16.8. The average molecular weight is 390 g/mol. The summed E-state index contributed by atoms with van der Waals surface area (Å²) in [6.07, 6.45) is 3.68. The first kappa shape index (κ1) is 19.2. The number of likely N-dealkylation sites (tertiary alicyclic amines) is 1. The molecule has 1 amide bonds. The highest BCUT2D eigenvalue weighted by Crippen LogP contribution is 2.26. The van der Waals surface area contributed by atoms with Crippen LogP contribution in [0.2, 0.25) is 0 Å². The van der Waals surface area contributed by atoms with Crippen molar-refractivity contribution < 1.29 is 9.53 Å². The number of anilines is 1. The van der Waals surface area contributed by atoms with Crippen molar-refractivity contribution in [2.45, 2.75) is 38.8 Å². The number of hydrogen-bond donors (Lipinski definition) is 1. The number of ether oxygens (including phenoxy) is 1. The monoisotopic (exact) mass is 390 g/mol. The van der Waals surface area contributed by atoms with Crippen molar-refractivity contribution in [2.24, 2.45) is 0 Å². The summed E-state index contributed by atoms with van der Waals surface area (Å²) >= 11 is 0. The molecule has 2 aromatic carbocycles. The summed E-state index contributed by atoms with van der Waals surface area (Å²) in [5.41, 5.74) is 2.35. The van der Waals surface area contributed by atoms with Crippen molar-refractivity contribution in [2.75, 3.05) is 18.5 Å². The Morgan fingerprint density at radius 3 is 2.76 bits per heavy atom. The van der Waals surface area contributed by atoms with Crippen molar-refractivity contribution in [1.82, 2.24) is 14.9 Å². The van der Waals surface area contributed by atoms with Gasteiger partial charge in [0.15, 0.2) is 0 Å². The van der Waals surface area contributed by atoms with E-state index in [0.717, 1.165) is 36.2 Å². The van der Waals surface area contributed by atoms with Crippen LogP contribution in [0.4, 0.5) is 5.82 Å². The van der Waals surface area contributed by atoms with Gasteiger partial charge in [0, 0.05) is 18.6 Å². The lowest BCUT2D eigenvalue weighted by Gasteiger charge is -2.40. The van der Waals surface area contributed by atoms with Crippen LogP contribution >= 0.6 is 0 Å². The summed E-state index contributed by atoms with van der Waals surface area (Å²) in [4.78, 5) is 24.4. The van der Waals surface area contributed by atoms with Crippen LogP contribution in [0.3, 0.4) is 0 Å². The Labute approximate surface area is 170 Å². The maximum Gasteiger partial charge on any atom is 0.257 e. The summed E-state index contributed by atoms with van der Waals surface area (Å²) in [5, 5.41) is 3.50. The van der Waals surface area contributed by atoms with E-state index in [1.807, 2.05) is 60.4 Å². The number of para-hydroxylation sites is 3. The van der Waals surface area contributed by atoms with Crippen molar-refractivity contribution in [3.63, 3.8) is 0 Å². The smallest absolute Gasteiger partial charge is 0.257 e. The molecule has 4 rings (SSSR count). The van der Waals surface area contributed by atoms with E-state index in [1.54, 1.807) is 6.20 Å². The topological polar surface area (TPSA) is 67.3 Å². The van der Waals surface area contributed by atoms with Gasteiger partial charge in [-0.2, -0.15) is 0 Å². The number of benzene rings is 2. The SMILES string of the molecule is CCOc1ccccc1C(=O)N1CCCC(Nc2cnc3ccccc3n2)C1C. The number of nitrogens with zero attached hydrogens (tertiary/aromatic N) is 3. The predicted octanol–water partition coefficient (Wildman–Crippen LogP) is 4.13. The van der Waals surface area contributed by atoms with E-state index < -0.39 is 0 Å². The third-order valence-electron chi connectivity index (χ3n) is 5.45. The number of fused-ring (bicyclic) bond motifs is 1. The normalized spacial score (nSPS) is 19.2. The molecular formula is C23H26N4O2. The third kappa shape index (κ3) is 4.01. The molecule has 0 aliphatic carbocycles. The first-order chi connectivity index (χ1) is 14.2. The fourth-order valence-corrected chi connectivity index (χ4v) is 3.92. The van der Waals surface area contributed by atoms with E-state index >= 15 is 0 Å². The molecule has 1 aliphatic heterocycles. The quantitative estimate of drug-likeness (QED) is 0.709. The molecule has 0 saturated carbocycles. The Balaban J connectivity index is 1.53. The Kier molecular flexibility index (Phi) is 5.60. The van der Waals surface area contributed by atoms with Gasteiger partial charge in [0.25, 0.3) is 5.91 Å². The number of carbonyl (C=O) groups is 1. The van der Waals surface area contributed by atoms with Crippen LogP contribution in [-0.2, 0) is 0 Å². The van der Waals surface area contributed by atoms with Crippen molar-refractivity contribution >= 4 is 22.8 Å². The molecule has 1 saturated heterocycles. The van der Waals surface area contributed by atoms with E-state index in [2.05, 4.69) is 22.2 Å². The van der Waals surface area contributed by atoms with E-state index in [9.17, 15) is 4.79 Å². The lowest BCUT2D eigenvalue weighted by atomic mass is 9.96. The molecule has 1 aliphatic rings. The van der Waals surface area contributed by atoms with Crippen LogP contribution in [-0.4, -0.2) is 46.0 Å². The molecule has 0 bridgehead atoms. The molecule has 6 nitrogen and oxygen atoms in total. The van der Waals surface area contributed by atoms with Gasteiger partial charge >= 0.3 is 0 Å². The standard InChI is InChI=1S/C23H26N4O2/c1-3-29-21-13-7-4-9-17(21)23(28)27-14-8-12-18(16(27)2)25-22-15-24-19-10-5-6-11-20(19)26-22/h4-7,9-11,13,15-16,18H,3,8,12,14H2,1-2H3,(H,25,26). The second-order valence-electron chi connectivity index (χ2n) is 7.31. The molecule has 0 radical (unpaired) electrons. The zero-order valence-electron chi connectivity index (χ0n) is 16.8. The summed E-state index contributed by atoms with van der Waals surface area (Å²) in [5.74, 6) is 1.39. The van der Waals surface area contributed by atoms with Crippen LogP contribution in [0, 0.1) is 0 Å². The molecule has 3 aromatic rings. The molecule has 2 atom stereocenters. The number of rotatable bonds is 5. The second kappa shape index (κ2) is 8.47. The maximum absolute atomic E-state index is 13.3. The minimum atomic E-state index is 0.0117. The Morgan fingerprint density at radius 1 is 1.17 bits per heavy atom. The Morgan fingerprint density at radius 2 is 1.93 bits per heavy atom.